The highest BCUT2D eigenvalue weighted by molar-refractivity contribution is 6.63. The van der Waals surface area contributed by atoms with Crippen molar-refractivity contribution in [1.29, 1.82) is 0 Å². The van der Waals surface area contributed by atoms with E-state index in [1.54, 1.807) is 24.3 Å². The zero-order valence-corrected chi connectivity index (χ0v) is 7.97. The number of carbonyl (C=O) groups is 2. The predicted octanol–water partition coefficient (Wildman–Crippen LogP) is 2.20. The molecule has 0 amide bonds. The number of Topliss-reactive ketones (excluding diaryl/α,β-unsaturated/α-hetero) is 1. The molecule has 13 heavy (non-hydrogen) atoms. The lowest BCUT2D eigenvalue weighted by Crippen LogP contribution is -1.97. The molecule has 0 fully saturated rings. The zero-order chi connectivity index (χ0) is 9.84. The van der Waals surface area contributed by atoms with Gasteiger partial charge in [-0.25, -0.2) is 0 Å². The highest BCUT2D eigenvalue weighted by Gasteiger charge is 2.02. The molecule has 0 saturated heterocycles. The van der Waals surface area contributed by atoms with Crippen molar-refractivity contribution in [2.45, 2.75) is 13.3 Å². The molecule has 1 aromatic carbocycles. The number of halogens is 1. The van der Waals surface area contributed by atoms with Crippen LogP contribution in [0, 0.1) is 0 Å². The van der Waals surface area contributed by atoms with Crippen LogP contribution < -0.4 is 0 Å². The van der Waals surface area contributed by atoms with Crippen molar-refractivity contribution >= 4 is 22.6 Å². The average molecular weight is 197 g/mol. The van der Waals surface area contributed by atoms with Gasteiger partial charge in [0.1, 0.15) is 0 Å². The Bertz CT molecular complexity index is 345. The Hall–Kier alpha value is -1.15. The summed E-state index contributed by atoms with van der Waals surface area (Å²) in [7, 11) is 0. The first-order valence-corrected chi connectivity index (χ1v) is 4.25. The van der Waals surface area contributed by atoms with Crippen molar-refractivity contribution in [2.24, 2.45) is 0 Å². The Balaban J connectivity index is 2.91. The fourth-order valence-corrected chi connectivity index (χ4v) is 1.22. The largest absolute Gasteiger partial charge is 0.295 e. The molecule has 1 rings (SSSR count). The number of ketones is 1. The van der Waals surface area contributed by atoms with Crippen molar-refractivity contribution in [1.82, 2.24) is 0 Å². The van der Waals surface area contributed by atoms with E-state index in [-0.39, 0.29) is 12.2 Å². The monoisotopic (exact) mass is 196 g/mol. The highest BCUT2D eigenvalue weighted by Crippen LogP contribution is 2.07. The van der Waals surface area contributed by atoms with E-state index >= 15 is 0 Å². The number of hydrogen-bond donors (Lipinski definition) is 0. The average Bonchev–Trinajstić information content (AvgIpc) is 2.03. The summed E-state index contributed by atoms with van der Waals surface area (Å²) in [6.07, 6.45) is 0.169. The summed E-state index contributed by atoms with van der Waals surface area (Å²) in [4.78, 5) is 21.5. The Morgan fingerprint density at radius 2 is 2.08 bits per heavy atom. The zero-order valence-electron chi connectivity index (χ0n) is 7.21. The van der Waals surface area contributed by atoms with E-state index in [4.69, 9.17) is 11.6 Å². The minimum absolute atomic E-state index is 0.0103. The van der Waals surface area contributed by atoms with Gasteiger partial charge in [0.05, 0.1) is 0 Å². The third-order valence-corrected chi connectivity index (χ3v) is 1.81. The molecule has 0 aliphatic carbocycles. The molecule has 0 spiro atoms. The molecule has 3 heteroatoms. The van der Waals surface area contributed by atoms with Gasteiger partial charge >= 0.3 is 0 Å². The second-order valence-electron chi connectivity index (χ2n) is 2.79. The minimum Gasteiger partial charge on any atom is -0.295 e. The quantitative estimate of drug-likeness (QED) is 0.549. The van der Waals surface area contributed by atoms with Gasteiger partial charge in [0, 0.05) is 12.0 Å². The molecule has 68 valence electrons. The Kier molecular flexibility index (Phi) is 3.20. The van der Waals surface area contributed by atoms with Gasteiger partial charge in [-0.2, -0.15) is 0 Å². The maximum absolute atomic E-state index is 11.0. The van der Waals surface area contributed by atoms with E-state index < -0.39 is 5.24 Å². The van der Waals surface area contributed by atoms with Gasteiger partial charge in [0.15, 0.2) is 5.78 Å². The van der Waals surface area contributed by atoms with E-state index in [9.17, 15) is 9.59 Å². The first kappa shape index (κ1) is 9.93. The predicted molar refractivity (Wildman–Crippen MR) is 51.0 cm³/mol. The van der Waals surface area contributed by atoms with Crippen molar-refractivity contribution in [2.75, 3.05) is 0 Å². The molecule has 0 N–H and O–H groups in total. The van der Waals surface area contributed by atoms with Crippen LogP contribution >= 0.6 is 11.6 Å². The van der Waals surface area contributed by atoms with Crippen LogP contribution in [-0.4, -0.2) is 11.0 Å². The molecule has 2 nitrogen and oxygen atoms in total. The van der Waals surface area contributed by atoms with Crippen molar-refractivity contribution < 1.29 is 9.59 Å². The summed E-state index contributed by atoms with van der Waals surface area (Å²) in [5.74, 6) is -0.0103. The van der Waals surface area contributed by atoms with Gasteiger partial charge in [-0.05, 0) is 30.2 Å². The van der Waals surface area contributed by atoms with Gasteiger partial charge < -0.3 is 0 Å². The molecule has 0 aliphatic heterocycles. The fourth-order valence-electron chi connectivity index (χ4n) is 1.06. The normalized spacial score (nSPS) is 9.69. The number of rotatable bonds is 3. The molecular formula is C10H9ClO2. The van der Waals surface area contributed by atoms with E-state index in [0.29, 0.717) is 5.56 Å². The molecular weight excluding hydrogens is 188 g/mol. The number of hydrogen-bond acceptors (Lipinski definition) is 2. The summed E-state index contributed by atoms with van der Waals surface area (Å²) >= 11 is 5.22. The Morgan fingerprint density at radius 3 is 2.62 bits per heavy atom. The van der Waals surface area contributed by atoms with Crippen molar-refractivity contribution in [3.8, 4) is 0 Å². The second kappa shape index (κ2) is 4.19. The fraction of sp³-hybridized carbons (Fsp3) is 0.200. The molecule has 0 bridgehead atoms. The van der Waals surface area contributed by atoms with Gasteiger partial charge in [-0.15, -0.1) is 0 Å². The van der Waals surface area contributed by atoms with E-state index in [2.05, 4.69) is 0 Å². The summed E-state index contributed by atoms with van der Waals surface area (Å²) < 4.78 is 0. The van der Waals surface area contributed by atoms with Crippen LogP contribution in [0.1, 0.15) is 22.8 Å². The van der Waals surface area contributed by atoms with Gasteiger partial charge in [-0.3, -0.25) is 9.59 Å². The molecule has 0 atom stereocenters. The van der Waals surface area contributed by atoms with Gasteiger partial charge in [0.2, 0.25) is 5.24 Å². The maximum atomic E-state index is 11.0. The summed E-state index contributed by atoms with van der Waals surface area (Å²) in [6, 6.07) is 6.91. The van der Waals surface area contributed by atoms with E-state index in [1.807, 2.05) is 0 Å². The standard InChI is InChI=1S/C10H9ClO2/c1-7(12)9-4-2-3-8(5-9)6-10(11)13/h2-5H,6H2,1H3. The maximum Gasteiger partial charge on any atom is 0.226 e. The minimum atomic E-state index is -0.416. The topological polar surface area (TPSA) is 34.1 Å². The third kappa shape index (κ3) is 2.99. The van der Waals surface area contributed by atoms with Crippen LogP contribution in [-0.2, 0) is 11.2 Å². The lowest BCUT2D eigenvalue weighted by atomic mass is 10.1. The highest BCUT2D eigenvalue weighted by atomic mass is 35.5. The molecule has 0 heterocycles. The van der Waals surface area contributed by atoms with Crippen LogP contribution in [0.4, 0.5) is 0 Å². The Morgan fingerprint density at radius 1 is 1.38 bits per heavy atom. The second-order valence-corrected chi connectivity index (χ2v) is 3.21. The molecule has 1 aromatic rings. The first-order valence-electron chi connectivity index (χ1n) is 3.88. The lowest BCUT2D eigenvalue weighted by Gasteiger charge is -1.99. The lowest BCUT2D eigenvalue weighted by molar-refractivity contribution is -0.111. The molecule has 0 saturated carbocycles. The van der Waals surface area contributed by atoms with Gasteiger partial charge in [0.25, 0.3) is 0 Å². The van der Waals surface area contributed by atoms with Crippen molar-refractivity contribution in [3.05, 3.63) is 35.4 Å². The van der Waals surface area contributed by atoms with Crippen LogP contribution in [0.15, 0.2) is 24.3 Å². The van der Waals surface area contributed by atoms with Crippen molar-refractivity contribution in [3.63, 3.8) is 0 Å². The van der Waals surface area contributed by atoms with Crippen LogP contribution in [0.2, 0.25) is 0 Å². The van der Waals surface area contributed by atoms with E-state index in [0.717, 1.165) is 5.56 Å². The first-order chi connectivity index (χ1) is 6.09. The SMILES string of the molecule is CC(=O)c1cccc(CC(=O)Cl)c1. The smallest absolute Gasteiger partial charge is 0.226 e. The molecule has 0 aromatic heterocycles. The molecule has 0 radical (unpaired) electrons. The van der Waals surface area contributed by atoms with Crippen LogP contribution in [0.5, 0.6) is 0 Å². The Labute approximate surface area is 81.5 Å². The third-order valence-electron chi connectivity index (χ3n) is 1.68. The summed E-state index contributed by atoms with van der Waals surface area (Å²) in [5, 5.41) is -0.416. The number of carbonyl (C=O) groups excluding carboxylic acids is 2. The van der Waals surface area contributed by atoms with Crippen LogP contribution in [0.3, 0.4) is 0 Å². The van der Waals surface area contributed by atoms with Gasteiger partial charge in [-0.1, -0.05) is 18.2 Å². The van der Waals surface area contributed by atoms with E-state index in [1.165, 1.54) is 6.92 Å². The summed E-state index contributed by atoms with van der Waals surface area (Å²) in [5.41, 5.74) is 1.38. The molecule has 0 aliphatic rings. The summed E-state index contributed by atoms with van der Waals surface area (Å²) in [6.45, 7) is 1.49. The molecule has 0 unspecified atom stereocenters. The van der Waals surface area contributed by atoms with Crippen LogP contribution in [0.25, 0.3) is 0 Å². The number of benzene rings is 1.